The lowest BCUT2D eigenvalue weighted by molar-refractivity contribution is -0.108. The summed E-state index contributed by atoms with van der Waals surface area (Å²) in [5.41, 5.74) is 0. The Hall–Kier alpha value is -0.990. The molecule has 0 aliphatic heterocycles. The Kier molecular flexibility index (Phi) is 3.66. The van der Waals surface area contributed by atoms with E-state index in [0.717, 1.165) is 6.21 Å². The van der Waals surface area contributed by atoms with Gasteiger partial charge >= 0.3 is 0 Å². The van der Waals surface area contributed by atoms with Crippen LogP contribution in [0, 0.1) is 11.3 Å². The fraction of sp³-hybridized carbons (Fsp3) is 0.400. The fourth-order valence-electron chi connectivity index (χ4n) is 0.290. The van der Waals surface area contributed by atoms with E-state index in [9.17, 15) is 4.79 Å². The van der Waals surface area contributed by atoms with E-state index in [2.05, 4.69) is 4.99 Å². The molecule has 1 atom stereocenters. The molecule has 8 heavy (non-hydrogen) atoms. The van der Waals surface area contributed by atoms with Gasteiger partial charge in [0.25, 0.3) is 0 Å². The van der Waals surface area contributed by atoms with Crippen molar-refractivity contribution < 1.29 is 4.79 Å². The number of rotatable bonds is 3. The van der Waals surface area contributed by atoms with Crippen molar-refractivity contribution >= 4 is 18.7 Å². The molecule has 0 saturated carbocycles. The smallest absolute Gasteiger partial charge is 0.133 e. The normalized spacial score (nSPS) is 13.6. The molecule has 3 heteroatoms. The van der Waals surface area contributed by atoms with Crippen molar-refractivity contribution in [3.63, 3.8) is 0 Å². The van der Waals surface area contributed by atoms with Crippen LogP contribution in [0.5, 0.6) is 0 Å². The first kappa shape index (κ1) is 7.01. The van der Waals surface area contributed by atoms with Gasteiger partial charge < -0.3 is 10.2 Å². The van der Waals surface area contributed by atoms with Crippen LogP contribution < -0.4 is 0 Å². The van der Waals surface area contributed by atoms with Gasteiger partial charge in [-0.25, -0.2) is 0 Å². The van der Waals surface area contributed by atoms with Crippen molar-refractivity contribution in [3.8, 4) is 0 Å². The molecule has 0 amide bonds. The molecule has 0 aromatic rings. The summed E-state index contributed by atoms with van der Waals surface area (Å²) in [5.74, 6) is -0.431. The van der Waals surface area contributed by atoms with Crippen LogP contribution in [0.2, 0.25) is 0 Å². The quantitative estimate of drug-likeness (QED) is 0.410. The molecule has 0 aliphatic rings. The molecule has 0 heterocycles. The number of aldehydes is 1. The average Bonchev–Trinajstić information content (AvgIpc) is 1.83. The van der Waals surface area contributed by atoms with Crippen LogP contribution in [-0.4, -0.2) is 25.8 Å². The van der Waals surface area contributed by atoms with Crippen molar-refractivity contribution in [2.75, 3.05) is 7.05 Å². The maximum Gasteiger partial charge on any atom is 0.133 e. The molecule has 1 N–H and O–H groups in total. The van der Waals surface area contributed by atoms with Crippen molar-refractivity contribution in [2.24, 2.45) is 10.9 Å². The van der Waals surface area contributed by atoms with Crippen molar-refractivity contribution in [2.45, 2.75) is 0 Å². The number of hydrogen-bond acceptors (Lipinski definition) is 3. The van der Waals surface area contributed by atoms with E-state index < -0.39 is 5.92 Å². The molecule has 0 aromatic heterocycles. The first-order valence-electron chi connectivity index (χ1n) is 2.23. The Balaban J connectivity index is 3.69. The average molecular weight is 112 g/mol. The van der Waals surface area contributed by atoms with Crippen molar-refractivity contribution in [3.05, 3.63) is 0 Å². The maximum absolute atomic E-state index is 9.88. The topological polar surface area (TPSA) is 53.3 Å². The summed E-state index contributed by atoms with van der Waals surface area (Å²) in [6, 6.07) is 0. The lowest BCUT2D eigenvalue weighted by Crippen LogP contribution is -2.03. The molecule has 0 spiro atoms. The fourth-order valence-corrected chi connectivity index (χ4v) is 0.290. The van der Waals surface area contributed by atoms with E-state index in [1.807, 2.05) is 0 Å². The molecular weight excluding hydrogens is 104 g/mol. The summed E-state index contributed by atoms with van der Waals surface area (Å²) in [6.07, 6.45) is 3.12. The van der Waals surface area contributed by atoms with E-state index in [4.69, 9.17) is 5.41 Å². The zero-order valence-corrected chi connectivity index (χ0v) is 4.66. The Bertz CT molecular complexity index is 101. The minimum Gasteiger partial charge on any atom is -0.312 e. The third-order valence-corrected chi connectivity index (χ3v) is 0.671. The van der Waals surface area contributed by atoms with Crippen LogP contribution in [0.15, 0.2) is 4.99 Å². The van der Waals surface area contributed by atoms with Gasteiger partial charge in [0.15, 0.2) is 0 Å². The van der Waals surface area contributed by atoms with Gasteiger partial charge in [-0.1, -0.05) is 0 Å². The molecule has 0 fully saturated rings. The van der Waals surface area contributed by atoms with Gasteiger partial charge in [0, 0.05) is 19.5 Å². The number of aliphatic imine (C=N–C) groups is 1. The summed E-state index contributed by atoms with van der Waals surface area (Å²) < 4.78 is 0. The third kappa shape index (κ3) is 2.23. The van der Waals surface area contributed by atoms with Crippen LogP contribution in [0.3, 0.4) is 0 Å². The van der Waals surface area contributed by atoms with Crippen molar-refractivity contribution in [1.82, 2.24) is 0 Å². The maximum atomic E-state index is 9.88. The standard InChI is InChI=1S/C5H8N2O/c1-7-3-5(2-6)4-8/h2-6H,1H3. The predicted molar refractivity (Wildman–Crippen MR) is 32.8 cm³/mol. The summed E-state index contributed by atoms with van der Waals surface area (Å²) in [6.45, 7) is 0. The Morgan fingerprint density at radius 2 is 2.38 bits per heavy atom. The highest BCUT2D eigenvalue weighted by atomic mass is 16.1. The van der Waals surface area contributed by atoms with E-state index in [1.54, 1.807) is 7.05 Å². The monoisotopic (exact) mass is 112 g/mol. The van der Waals surface area contributed by atoms with Gasteiger partial charge in [0.05, 0.1) is 5.92 Å². The summed E-state index contributed by atoms with van der Waals surface area (Å²) in [5, 5.41) is 6.62. The highest BCUT2D eigenvalue weighted by Gasteiger charge is 1.93. The minimum absolute atomic E-state index is 0.431. The molecule has 0 radical (unpaired) electrons. The summed E-state index contributed by atoms with van der Waals surface area (Å²) in [4.78, 5) is 13.5. The largest absolute Gasteiger partial charge is 0.312 e. The molecule has 0 aromatic carbocycles. The Morgan fingerprint density at radius 1 is 1.75 bits per heavy atom. The van der Waals surface area contributed by atoms with E-state index in [-0.39, 0.29) is 0 Å². The lowest BCUT2D eigenvalue weighted by Gasteiger charge is -1.87. The first-order valence-corrected chi connectivity index (χ1v) is 2.23. The van der Waals surface area contributed by atoms with Crippen LogP contribution in [0.1, 0.15) is 0 Å². The molecule has 3 nitrogen and oxygen atoms in total. The SMILES string of the molecule is CN=CC(C=N)C=O. The van der Waals surface area contributed by atoms with Crippen LogP contribution >= 0.6 is 0 Å². The number of nitrogens with zero attached hydrogens (tertiary/aromatic N) is 1. The Labute approximate surface area is 47.9 Å². The third-order valence-electron chi connectivity index (χ3n) is 0.671. The zero-order chi connectivity index (χ0) is 6.41. The van der Waals surface area contributed by atoms with Crippen LogP contribution in [0.4, 0.5) is 0 Å². The second-order valence-corrected chi connectivity index (χ2v) is 1.29. The first-order chi connectivity index (χ1) is 3.85. The van der Waals surface area contributed by atoms with Gasteiger partial charge in [0.1, 0.15) is 6.29 Å². The van der Waals surface area contributed by atoms with E-state index >= 15 is 0 Å². The van der Waals surface area contributed by atoms with Gasteiger partial charge in [-0.05, 0) is 0 Å². The number of carbonyl (C=O) groups excluding carboxylic acids is 1. The number of carbonyl (C=O) groups is 1. The molecule has 0 saturated heterocycles. The second kappa shape index (κ2) is 4.18. The minimum atomic E-state index is -0.431. The Morgan fingerprint density at radius 3 is 2.50 bits per heavy atom. The summed E-state index contributed by atoms with van der Waals surface area (Å²) in [7, 11) is 1.57. The van der Waals surface area contributed by atoms with E-state index in [1.165, 1.54) is 6.21 Å². The molecule has 44 valence electrons. The molecule has 0 bridgehead atoms. The highest BCUT2D eigenvalue weighted by Crippen LogP contribution is 1.77. The van der Waals surface area contributed by atoms with Crippen LogP contribution in [-0.2, 0) is 4.79 Å². The van der Waals surface area contributed by atoms with Gasteiger partial charge in [0.2, 0.25) is 0 Å². The van der Waals surface area contributed by atoms with Gasteiger partial charge in [-0.15, -0.1) is 0 Å². The number of nitrogens with one attached hydrogen (secondary N) is 1. The second-order valence-electron chi connectivity index (χ2n) is 1.29. The van der Waals surface area contributed by atoms with Crippen LogP contribution in [0.25, 0.3) is 0 Å². The predicted octanol–water partition coefficient (Wildman–Crippen LogP) is 0.152. The van der Waals surface area contributed by atoms with Crippen molar-refractivity contribution in [1.29, 1.82) is 5.41 Å². The molecular formula is C5H8N2O. The molecule has 0 aliphatic carbocycles. The molecule has 1 unspecified atom stereocenters. The van der Waals surface area contributed by atoms with E-state index in [0.29, 0.717) is 6.29 Å². The highest BCUT2D eigenvalue weighted by molar-refractivity contribution is 5.98. The number of hydrogen-bond donors (Lipinski definition) is 1. The zero-order valence-electron chi connectivity index (χ0n) is 4.66. The lowest BCUT2D eigenvalue weighted by atomic mass is 10.2. The molecule has 0 rings (SSSR count). The van der Waals surface area contributed by atoms with Gasteiger partial charge in [-0.3, -0.25) is 4.99 Å². The van der Waals surface area contributed by atoms with Gasteiger partial charge in [-0.2, -0.15) is 0 Å². The summed E-state index contributed by atoms with van der Waals surface area (Å²) >= 11 is 0.